The Bertz CT molecular complexity index is 498. The first-order chi connectivity index (χ1) is 11.3. The molecule has 4 nitrogen and oxygen atoms in total. The van der Waals surface area contributed by atoms with E-state index in [0.717, 1.165) is 44.0 Å². The van der Waals surface area contributed by atoms with Crippen LogP contribution in [-0.4, -0.2) is 61.5 Å². The lowest BCUT2D eigenvalue weighted by atomic mass is 10.1. The van der Waals surface area contributed by atoms with Crippen LogP contribution in [0.1, 0.15) is 19.4 Å². The number of benzene rings is 1. The molecule has 0 bridgehead atoms. The number of nitrogens with zero attached hydrogens (tertiary/aromatic N) is 2. The van der Waals surface area contributed by atoms with Gasteiger partial charge in [0.1, 0.15) is 0 Å². The van der Waals surface area contributed by atoms with Crippen LogP contribution in [0.5, 0.6) is 0 Å². The van der Waals surface area contributed by atoms with Crippen LogP contribution in [0.25, 0.3) is 0 Å². The minimum Gasteiger partial charge on any atom is -0.389 e. The van der Waals surface area contributed by atoms with E-state index in [2.05, 4.69) is 9.80 Å². The summed E-state index contributed by atoms with van der Waals surface area (Å²) < 4.78 is 43.2. The van der Waals surface area contributed by atoms with Gasteiger partial charge in [0.05, 0.1) is 24.4 Å². The lowest BCUT2D eigenvalue weighted by Crippen LogP contribution is -2.49. The molecule has 2 rings (SSSR count). The molecule has 0 amide bonds. The molecule has 136 valence electrons. The maximum atomic E-state index is 12.6. The van der Waals surface area contributed by atoms with Crippen molar-refractivity contribution in [1.29, 1.82) is 0 Å². The lowest BCUT2D eigenvalue weighted by molar-refractivity contribution is -0.137. The third kappa shape index (κ3) is 5.65. The van der Waals surface area contributed by atoms with Gasteiger partial charge in [0.15, 0.2) is 0 Å². The van der Waals surface area contributed by atoms with E-state index in [1.165, 1.54) is 12.1 Å². The number of hydrogen-bond donors (Lipinski definition) is 1. The second-order valence-electron chi connectivity index (χ2n) is 6.37. The molecule has 24 heavy (non-hydrogen) atoms. The highest BCUT2D eigenvalue weighted by molar-refractivity contribution is 5.48. The van der Waals surface area contributed by atoms with Gasteiger partial charge in [-0.05, 0) is 38.1 Å². The maximum Gasteiger partial charge on any atom is 0.416 e. The van der Waals surface area contributed by atoms with Gasteiger partial charge in [-0.1, -0.05) is 0 Å². The fourth-order valence-corrected chi connectivity index (χ4v) is 2.70. The molecule has 0 aliphatic carbocycles. The highest BCUT2D eigenvalue weighted by Crippen LogP contribution is 2.30. The minimum atomic E-state index is -4.30. The molecule has 0 aromatic heterocycles. The molecular weight excluding hydrogens is 321 g/mol. The monoisotopic (exact) mass is 346 g/mol. The molecule has 1 fully saturated rings. The number of β-amino-alcohol motifs (C(OH)–C–C–N with tert-alkyl or cyclic N) is 1. The van der Waals surface area contributed by atoms with Crippen LogP contribution in [0.3, 0.4) is 0 Å². The molecule has 0 spiro atoms. The molecule has 1 aromatic carbocycles. The average Bonchev–Trinajstić information content (AvgIpc) is 2.53. The second kappa shape index (κ2) is 8.18. The van der Waals surface area contributed by atoms with E-state index in [1.807, 2.05) is 13.8 Å². The van der Waals surface area contributed by atoms with Crippen LogP contribution in [0.15, 0.2) is 24.3 Å². The SMILES string of the molecule is CC(C)OCC(O)CN1CCN(c2ccc(C(F)(F)F)cc2)CC1. The van der Waals surface area contributed by atoms with Gasteiger partial charge in [-0.15, -0.1) is 0 Å². The average molecular weight is 346 g/mol. The maximum absolute atomic E-state index is 12.6. The molecular formula is C17H25F3N2O2. The number of alkyl halides is 3. The number of halogens is 3. The minimum absolute atomic E-state index is 0.0937. The van der Waals surface area contributed by atoms with Crippen molar-refractivity contribution in [2.45, 2.75) is 32.2 Å². The van der Waals surface area contributed by atoms with E-state index in [4.69, 9.17) is 4.74 Å². The highest BCUT2D eigenvalue weighted by atomic mass is 19.4. The van der Waals surface area contributed by atoms with Gasteiger partial charge in [0.25, 0.3) is 0 Å². The molecule has 0 radical (unpaired) electrons. The Balaban J connectivity index is 1.80. The molecule has 1 aromatic rings. The van der Waals surface area contributed by atoms with E-state index in [9.17, 15) is 18.3 Å². The second-order valence-corrected chi connectivity index (χ2v) is 6.37. The summed E-state index contributed by atoms with van der Waals surface area (Å²) >= 11 is 0. The van der Waals surface area contributed by atoms with Crippen LogP contribution in [0, 0.1) is 0 Å². The topological polar surface area (TPSA) is 35.9 Å². The molecule has 1 atom stereocenters. The van der Waals surface area contributed by atoms with Crippen molar-refractivity contribution in [1.82, 2.24) is 4.90 Å². The number of anilines is 1. The number of aliphatic hydroxyl groups excluding tert-OH is 1. The van der Waals surface area contributed by atoms with Crippen molar-refractivity contribution in [3.05, 3.63) is 29.8 Å². The van der Waals surface area contributed by atoms with Crippen LogP contribution < -0.4 is 4.90 Å². The Labute approximate surface area is 140 Å². The van der Waals surface area contributed by atoms with Crippen LogP contribution in [0.4, 0.5) is 18.9 Å². The summed E-state index contributed by atoms with van der Waals surface area (Å²) in [7, 11) is 0. The third-order valence-corrected chi connectivity index (χ3v) is 4.02. The Morgan fingerprint density at radius 1 is 1.08 bits per heavy atom. The van der Waals surface area contributed by atoms with E-state index in [1.54, 1.807) is 0 Å². The molecule has 1 N–H and O–H groups in total. The van der Waals surface area contributed by atoms with Gasteiger partial charge in [-0.25, -0.2) is 0 Å². The van der Waals surface area contributed by atoms with E-state index >= 15 is 0 Å². The summed E-state index contributed by atoms with van der Waals surface area (Å²) in [6.45, 7) is 7.70. The molecule has 1 unspecified atom stereocenters. The van der Waals surface area contributed by atoms with Crippen molar-refractivity contribution >= 4 is 5.69 Å². The van der Waals surface area contributed by atoms with Gasteiger partial charge >= 0.3 is 6.18 Å². The molecule has 1 saturated heterocycles. The van der Waals surface area contributed by atoms with Gasteiger partial charge in [-0.2, -0.15) is 13.2 Å². The van der Waals surface area contributed by atoms with Gasteiger partial charge in [-0.3, -0.25) is 4.90 Å². The van der Waals surface area contributed by atoms with E-state index in [0.29, 0.717) is 13.2 Å². The van der Waals surface area contributed by atoms with E-state index < -0.39 is 17.8 Å². The van der Waals surface area contributed by atoms with Crippen LogP contribution >= 0.6 is 0 Å². The standard InChI is InChI=1S/C17H25F3N2O2/c1-13(2)24-12-16(23)11-21-7-9-22(10-8-21)15-5-3-14(4-6-15)17(18,19)20/h3-6,13,16,23H,7-12H2,1-2H3. The Kier molecular flexibility index (Phi) is 6.48. The number of hydrogen-bond acceptors (Lipinski definition) is 4. The highest BCUT2D eigenvalue weighted by Gasteiger charge is 2.30. The molecule has 1 aliphatic heterocycles. The lowest BCUT2D eigenvalue weighted by Gasteiger charge is -2.37. The van der Waals surface area contributed by atoms with Crippen molar-refractivity contribution in [2.24, 2.45) is 0 Å². The van der Waals surface area contributed by atoms with Crippen LogP contribution in [-0.2, 0) is 10.9 Å². The summed E-state index contributed by atoms with van der Waals surface area (Å²) in [5.74, 6) is 0. The van der Waals surface area contributed by atoms with Crippen molar-refractivity contribution in [3.63, 3.8) is 0 Å². The quantitative estimate of drug-likeness (QED) is 0.859. The number of ether oxygens (including phenoxy) is 1. The number of aliphatic hydroxyl groups is 1. The predicted molar refractivity (Wildman–Crippen MR) is 87.2 cm³/mol. The normalized spacial score (nSPS) is 18.2. The van der Waals surface area contributed by atoms with Gasteiger partial charge < -0.3 is 14.7 Å². The number of rotatable bonds is 6. The molecule has 1 aliphatic rings. The third-order valence-electron chi connectivity index (χ3n) is 4.02. The zero-order chi connectivity index (χ0) is 17.7. The fourth-order valence-electron chi connectivity index (χ4n) is 2.70. The smallest absolute Gasteiger partial charge is 0.389 e. The molecule has 0 saturated carbocycles. The largest absolute Gasteiger partial charge is 0.416 e. The Hall–Kier alpha value is -1.31. The van der Waals surface area contributed by atoms with Gasteiger partial charge in [0, 0.05) is 38.4 Å². The number of piperazine rings is 1. The Morgan fingerprint density at radius 3 is 2.17 bits per heavy atom. The fraction of sp³-hybridized carbons (Fsp3) is 0.647. The predicted octanol–water partition coefficient (Wildman–Crippen LogP) is 2.61. The zero-order valence-corrected chi connectivity index (χ0v) is 14.1. The van der Waals surface area contributed by atoms with Gasteiger partial charge in [0.2, 0.25) is 0 Å². The molecule has 7 heteroatoms. The first kappa shape index (κ1) is 19.0. The van der Waals surface area contributed by atoms with Crippen LogP contribution in [0.2, 0.25) is 0 Å². The first-order valence-corrected chi connectivity index (χ1v) is 8.20. The summed E-state index contributed by atoms with van der Waals surface area (Å²) in [5, 5.41) is 9.95. The van der Waals surface area contributed by atoms with E-state index in [-0.39, 0.29) is 6.10 Å². The summed E-state index contributed by atoms with van der Waals surface area (Å²) in [5.41, 5.74) is 0.171. The molecule has 1 heterocycles. The summed E-state index contributed by atoms with van der Waals surface area (Å²) in [6, 6.07) is 5.27. The summed E-state index contributed by atoms with van der Waals surface area (Å²) in [6.07, 6.45) is -4.73. The summed E-state index contributed by atoms with van der Waals surface area (Å²) in [4.78, 5) is 4.21. The zero-order valence-electron chi connectivity index (χ0n) is 14.1. The first-order valence-electron chi connectivity index (χ1n) is 8.20. The Morgan fingerprint density at radius 2 is 1.67 bits per heavy atom. The van der Waals surface area contributed by atoms with Crippen molar-refractivity contribution in [2.75, 3.05) is 44.2 Å². The van der Waals surface area contributed by atoms with Crippen molar-refractivity contribution < 1.29 is 23.0 Å². The van der Waals surface area contributed by atoms with Crippen molar-refractivity contribution in [3.8, 4) is 0 Å².